The molecule has 6 nitrogen and oxygen atoms in total. The molecular formula is C28H32N4O2. The van der Waals surface area contributed by atoms with Gasteiger partial charge in [-0.25, -0.2) is 4.79 Å². The summed E-state index contributed by atoms with van der Waals surface area (Å²) in [4.78, 5) is 27.7. The van der Waals surface area contributed by atoms with Gasteiger partial charge in [0.2, 0.25) is 0 Å². The first-order valence-corrected chi connectivity index (χ1v) is 11.8. The van der Waals surface area contributed by atoms with Crippen molar-refractivity contribution in [1.82, 2.24) is 10.6 Å². The van der Waals surface area contributed by atoms with Gasteiger partial charge in [0.05, 0.1) is 11.6 Å². The topological polar surface area (TPSA) is 73.5 Å². The van der Waals surface area contributed by atoms with Crippen molar-refractivity contribution in [3.63, 3.8) is 0 Å². The third-order valence-electron chi connectivity index (χ3n) is 6.28. The monoisotopic (exact) mass is 456 g/mol. The van der Waals surface area contributed by atoms with E-state index in [-0.39, 0.29) is 24.0 Å². The van der Waals surface area contributed by atoms with Crippen molar-refractivity contribution in [3.8, 4) is 0 Å². The lowest BCUT2D eigenvalue weighted by Crippen LogP contribution is -2.46. The predicted octanol–water partition coefficient (Wildman–Crippen LogP) is 5.28. The van der Waals surface area contributed by atoms with Crippen LogP contribution in [0.25, 0.3) is 0 Å². The summed E-state index contributed by atoms with van der Waals surface area (Å²) in [6, 6.07) is 25.3. The van der Waals surface area contributed by atoms with E-state index >= 15 is 0 Å². The summed E-state index contributed by atoms with van der Waals surface area (Å²) >= 11 is 0. The molecule has 1 heterocycles. The number of carbonyl (C=O) groups is 2. The second kappa shape index (κ2) is 10.9. The van der Waals surface area contributed by atoms with Gasteiger partial charge in [0.1, 0.15) is 0 Å². The van der Waals surface area contributed by atoms with Crippen LogP contribution in [0.2, 0.25) is 0 Å². The summed E-state index contributed by atoms with van der Waals surface area (Å²) < 4.78 is 0. The van der Waals surface area contributed by atoms with E-state index in [1.54, 1.807) is 0 Å². The van der Waals surface area contributed by atoms with Crippen molar-refractivity contribution < 1.29 is 9.59 Å². The Bertz CT molecular complexity index is 1110. The molecular weight excluding hydrogens is 424 g/mol. The third kappa shape index (κ3) is 5.95. The minimum absolute atomic E-state index is 0.0790. The zero-order chi connectivity index (χ0) is 23.9. The second-order valence-electron chi connectivity index (χ2n) is 8.85. The minimum atomic E-state index is -0.183. The van der Waals surface area contributed by atoms with Gasteiger partial charge in [-0.3, -0.25) is 4.79 Å². The van der Waals surface area contributed by atoms with Gasteiger partial charge in [-0.05, 0) is 56.5 Å². The number of nitrogens with zero attached hydrogens (tertiary/aromatic N) is 1. The van der Waals surface area contributed by atoms with Gasteiger partial charge in [0.15, 0.2) is 0 Å². The highest BCUT2D eigenvalue weighted by Crippen LogP contribution is 2.25. The number of rotatable bonds is 6. The van der Waals surface area contributed by atoms with Crippen molar-refractivity contribution in [2.75, 3.05) is 23.3 Å². The molecule has 0 saturated carbocycles. The first-order valence-electron chi connectivity index (χ1n) is 11.8. The van der Waals surface area contributed by atoms with Crippen molar-refractivity contribution in [1.29, 1.82) is 0 Å². The first-order chi connectivity index (χ1) is 16.5. The number of nitrogens with one attached hydrogen (secondary N) is 3. The number of amides is 3. The van der Waals surface area contributed by atoms with Crippen molar-refractivity contribution in [2.24, 2.45) is 0 Å². The molecule has 3 aromatic rings. The lowest BCUT2D eigenvalue weighted by atomic mass is 10.0. The third-order valence-corrected chi connectivity index (χ3v) is 6.28. The fourth-order valence-corrected chi connectivity index (χ4v) is 4.30. The van der Waals surface area contributed by atoms with E-state index in [1.165, 1.54) is 0 Å². The number of piperidine rings is 1. The molecule has 1 fully saturated rings. The molecule has 0 unspecified atom stereocenters. The van der Waals surface area contributed by atoms with Crippen LogP contribution in [-0.4, -0.2) is 31.1 Å². The molecule has 6 heteroatoms. The maximum atomic E-state index is 13.1. The van der Waals surface area contributed by atoms with Crippen LogP contribution >= 0.6 is 0 Å². The molecule has 0 radical (unpaired) electrons. The quantitative estimate of drug-likeness (QED) is 0.473. The van der Waals surface area contributed by atoms with Gasteiger partial charge in [-0.2, -0.15) is 0 Å². The smallest absolute Gasteiger partial charge is 0.319 e. The number of hydrogen-bond donors (Lipinski definition) is 3. The van der Waals surface area contributed by atoms with Crippen molar-refractivity contribution in [3.05, 3.63) is 95.6 Å². The Morgan fingerprint density at radius 2 is 1.53 bits per heavy atom. The van der Waals surface area contributed by atoms with Gasteiger partial charge < -0.3 is 20.9 Å². The van der Waals surface area contributed by atoms with Crippen LogP contribution in [0.1, 0.15) is 47.3 Å². The van der Waals surface area contributed by atoms with E-state index in [1.807, 2.05) is 92.7 Å². The van der Waals surface area contributed by atoms with Gasteiger partial charge >= 0.3 is 6.03 Å². The first kappa shape index (κ1) is 23.4. The molecule has 3 amide bonds. The Morgan fingerprint density at radius 1 is 0.882 bits per heavy atom. The number of anilines is 2. The average Bonchev–Trinajstić information content (AvgIpc) is 2.86. The Morgan fingerprint density at radius 3 is 2.24 bits per heavy atom. The highest BCUT2D eigenvalue weighted by atomic mass is 16.2. The van der Waals surface area contributed by atoms with Gasteiger partial charge in [0.25, 0.3) is 5.91 Å². The highest BCUT2D eigenvalue weighted by Gasteiger charge is 2.24. The molecule has 34 heavy (non-hydrogen) atoms. The largest absolute Gasteiger partial charge is 0.371 e. The van der Waals surface area contributed by atoms with E-state index in [4.69, 9.17) is 0 Å². The molecule has 0 spiro atoms. The normalized spacial score (nSPS) is 14.8. The molecule has 0 aliphatic carbocycles. The number of carbonyl (C=O) groups excluding carboxylic acids is 2. The fraction of sp³-hybridized carbons (Fsp3) is 0.286. The van der Waals surface area contributed by atoms with Crippen LogP contribution < -0.4 is 20.9 Å². The lowest BCUT2D eigenvalue weighted by molar-refractivity contribution is 0.0940. The summed E-state index contributed by atoms with van der Waals surface area (Å²) in [6.45, 7) is 5.56. The summed E-state index contributed by atoms with van der Waals surface area (Å²) in [6.07, 6.45) is 1.63. The lowest BCUT2D eigenvalue weighted by Gasteiger charge is -2.35. The Hall–Kier alpha value is -3.80. The summed E-state index contributed by atoms with van der Waals surface area (Å²) in [5, 5.41) is 9.10. The predicted molar refractivity (Wildman–Crippen MR) is 137 cm³/mol. The molecule has 4 rings (SSSR count). The SMILES string of the molecule is Cc1ccc(NC(=O)NC2CCN(c3ccccc3C(=O)N[C@H](C)c3ccccc3)CC2)cc1. The maximum absolute atomic E-state index is 13.1. The van der Waals surface area contributed by atoms with Crippen LogP contribution in [0.3, 0.4) is 0 Å². The summed E-state index contributed by atoms with van der Waals surface area (Å²) in [5.41, 5.74) is 4.62. The zero-order valence-corrected chi connectivity index (χ0v) is 19.8. The minimum Gasteiger partial charge on any atom is -0.371 e. The molecule has 3 aromatic carbocycles. The highest BCUT2D eigenvalue weighted by molar-refractivity contribution is 6.00. The van der Waals surface area contributed by atoms with Crippen LogP contribution in [0, 0.1) is 6.92 Å². The molecule has 1 aliphatic rings. The zero-order valence-electron chi connectivity index (χ0n) is 19.8. The van der Waals surface area contributed by atoms with E-state index in [2.05, 4.69) is 20.9 Å². The van der Waals surface area contributed by atoms with Crippen molar-refractivity contribution >= 4 is 23.3 Å². The maximum Gasteiger partial charge on any atom is 0.319 e. The summed E-state index contributed by atoms with van der Waals surface area (Å²) in [7, 11) is 0. The molecule has 0 bridgehead atoms. The number of para-hydroxylation sites is 1. The molecule has 1 atom stereocenters. The number of benzene rings is 3. The average molecular weight is 457 g/mol. The Balaban J connectivity index is 1.33. The van der Waals surface area contributed by atoms with Gasteiger partial charge in [-0.1, -0.05) is 60.2 Å². The standard InChI is InChI=1S/C28H32N4O2/c1-20-12-14-23(15-13-20)30-28(34)31-24-16-18-32(19-17-24)26-11-7-6-10-25(26)27(33)29-21(2)22-8-4-3-5-9-22/h3-15,21,24H,16-19H2,1-2H3,(H,29,33)(H2,30,31,34)/t21-/m1/s1. The Labute approximate surface area is 201 Å². The number of aryl methyl sites for hydroxylation is 1. The van der Waals surface area contributed by atoms with Gasteiger partial charge in [-0.15, -0.1) is 0 Å². The second-order valence-corrected chi connectivity index (χ2v) is 8.85. The molecule has 3 N–H and O–H groups in total. The Kier molecular flexibility index (Phi) is 7.48. The van der Waals surface area contributed by atoms with Crippen LogP contribution in [0.5, 0.6) is 0 Å². The van der Waals surface area contributed by atoms with E-state index < -0.39 is 0 Å². The van der Waals surface area contributed by atoms with E-state index in [0.29, 0.717) is 5.56 Å². The molecule has 176 valence electrons. The van der Waals surface area contributed by atoms with Gasteiger partial charge in [0, 0.05) is 30.5 Å². The van der Waals surface area contributed by atoms with Crippen LogP contribution in [0.4, 0.5) is 16.2 Å². The molecule has 1 aliphatic heterocycles. The van der Waals surface area contributed by atoms with E-state index in [0.717, 1.165) is 48.4 Å². The van der Waals surface area contributed by atoms with E-state index in [9.17, 15) is 9.59 Å². The molecule has 0 aromatic heterocycles. The fourth-order valence-electron chi connectivity index (χ4n) is 4.30. The molecule has 1 saturated heterocycles. The van der Waals surface area contributed by atoms with Crippen LogP contribution in [0.15, 0.2) is 78.9 Å². The van der Waals surface area contributed by atoms with Crippen molar-refractivity contribution in [2.45, 2.75) is 38.8 Å². The van der Waals surface area contributed by atoms with Crippen LogP contribution in [-0.2, 0) is 0 Å². The number of hydrogen-bond acceptors (Lipinski definition) is 3. The summed E-state index contributed by atoms with van der Waals surface area (Å²) in [5.74, 6) is -0.0790. The number of urea groups is 1.